The predicted molar refractivity (Wildman–Crippen MR) is 124 cm³/mol. The summed E-state index contributed by atoms with van der Waals surface area (Å²) in [5.41, 5.74) is 0. The van der Waals surface area contributed by atoms with Gasteiger partial charge in [0.15, 0.2) is 0 Å². The van der Waals surface area contributed by atoms with Crippen molar-refractivity contribution < 1.29 is 4.74 Å². The fourth-order valence-electron chi connectivity index (χ4n) is 3.90. The first kappa shape index (κ1) is 23.1. The first-order valence-electron chi connectivity index (χ1n) is 10.8. The van der Waals surface area contributed by atoms with Gasteiger partial charge in [0.1, 0.15) is 0 Å². The lowest BCUT2D eigenvalue weighted by molar-refractivity contribution is 0.307. The zero-order valence-electron chi connectivity index (χ0n) is 16.8. The maximum absolute atomic E-state index is 9.60. The van der Waals surface area contributed by atoms with Crippen LogP contribution in [0.3, 0.4) is 0 Å². The number of nitriles is 1. The lowest BCUT2D eigenvalue weighted by Crippen LogP contribution is -2.21. The zero-order valence-corrected chi connectivity index (χ0v) is 19.2. The van der Waals surface area contributed by atoms with Gasteiger partial charge in [-0.25, -0.2) is 0 Å². The highest BCUT2D eigenvalue weighted by molar-refractivity contribution is 8.31. The van der Waals surface area contributed by atoms with Gasteiger partial charge in [-0.3, -0.25) is 0 Å². The van der Waals surface area contributed by atoms with Crippen LogP contribution >= 0.6 is 35.7 Å². The van der Waals surface area contributed by atoms with Crippen LogP contribution in [-0.2, 0) is 4.74 Å². The van der Waals surface area contributed by atoms with Crippen LogP contribution in [0.4, 0.5) is 0 Å². The van der Waals surface area contributed by atoms with Crippen molar-refractivity contribution in [1.29, 1.82) is 5.26 Å². The Bertz CT molecular complexity index is 516. The quantitative estimate of drug-likeness (QED) is 0.227. The maximum Gasteiger partial charge on any atom is 0.221 e. The topological polar surface area (TPSA) is 33.0 Å². The van der Waals surface area contributed by atoms with Crippen LogP contribution < -0.4 is 0 Å². The highest BCUT2D eigenvalue weighted by atomic mass is 32.2. The molecule has 5 heteroatoms. The molecule has 152 valence electrons. The number of ether oxygens (including phenoxy) is 1. The number of fused-ring (bicyclic) bond motifs is 2. The Hall–Kier alpha value is -0.180. The standard InChI is InChI=1S/C22H35NOS3/c1-2-3-4-5-9-12-17-24-21(25)27-22-15-11-8-6-7-10-13-19(18-23)20(26-22)14-16-22/h6-7,19-20H,2-5,8-17H2,1H3. The Morgan fingerprint density at radius 2 is 1.96 bits per heavy atom. The molecular formula is C22H35NOS3. The van der Waals surface area contributed by atoms with Gasteiger partial charge >= 0.3 is 0 Å². The molecule has 1 saturated heterocycles. The summed E-state index contributed by atoms with van der Waals surface area (Å²) in [4.78, 5) is 0. The van der Waals surface area contributed by atoms with Gasteiger partial charge in [0, 0.05) is 5.25 Å². The molecule has 0 radical (unpaired) electrons. The minimum atomic E-state index is 0.121. The molecule has 2 nitrogen and oxygen atoms in total. The number of hydrogen-bond acceptors (Lipinski definition) is 5. The van der Waals surface area contributed by atoms with Crippen molar-refractivity contribution in [2.45, 2.75) is 99.7 Å². The van der Waals surface area contributed by atoms with Crippen LogP contribution in [0.2, 0.25) is 0 Å². The SMILES string of the molecule is CCCCCCCCOC(=S)SC12CCCC=CCCC(C#N)C(CC1)S2. The van der Waals surface area contributed by atoms with Crippen LogP contribution in [0, 0.1) is 17.2 Å². The van der Waals surface area contributed by atoms with Crippen molar-refractivity contribution >= 4 is 40.1 Å². The third kappa shape index (κ3) is 8.38. The third-order valence-electron chi connectivity index (χ3n) is 5.52. The molecule has 0 N–H and O–H groups in total. The fourth-order valence-corrected chi connectivity index (χ4v) is 7.97. The minimum Gasteiger partial charge on any atom is -0.479 e. The molecule has 0 aromatic heterocycles. The van der Waals surface area contributed by atoms with E-state index in [4.69, 9.17) is 17.0 Å². The normalized spacial score (nSPS) is 28.3. The number of thiocarbonyl (C=S) groups is 1. The Morgan fingerprint density at radius 1 is 1.19 bits per heavy atom. The molecule has 2 heterocycles. The van der Waals surface area contributed by atoms with Crippen molar-refractivity contribution in [3.05, 3.63) is 12.2 Å². The molecule has 0 aromatic rings. The van der Waals surface area contributed by atoms with Crippen molar-refractivity contribution in [1.82, 2.24) is 0 Å². The Labute approximate surface area is 180 Å². The number of rotatable bonds is 8. The van der Waals surface area contributed by atoms with E-state index in [2.05, 4.69) is 25.1 Å². The number of allylic oxidation sites excluding steroid dienone is 2. The molecule has 3 atom stereocenters. The second-order valence-electron chi connectivity index (χ2n) is 7.75. The van der Waals surface area contributed by atoms with E-state index in [9.17, 15) is 5.26 Å². The van der Waals surface area contributed by atoms with E-state index in [1.807, 2.05) is 11.8 Å². The third-order valence-corrected chi connectivity index (χ3v) is 9.19. The van der Waals surface area contributed by atoms with Crippen LogP contribution in [0.1, 0.15) is 90.4 Å². The molecule has 2 bridgehead atoms. The second-order valence-corrected chi connectivity index (χ2v) is 11.6. The zero-order chi connectivity index (χ0) is 19.4. The number of thioether (sulfide) groups is 2. The highest BCUT2D eigenvalue weighted by Crippen LogP contribution is 2.56. The monoisotopic (exact) mass is 425 g/mol. The highest BCUT2D eigenvalue weighted by Gasteiger charge is 2.44. The van der Waals surface area contributed by atoms with Gasteiger partial charge in [0.2, 0.25) is 4.38 Å². The van der Waals surface area contributed by atoms with E-state index < -0.39 is 0 Å². The van der Waals surface area contributed by atoms with Crippen LogP contribution in [0.15, 0.2) is 12.2 Å². The van der Waals surface area contributed by atoms with Crippen molar-refractivity contribution in [3.63, 3.8) is 0 Å². The summed E-state index contributed by atoms with van der Waals surface area (Å²) < 4.78 is 6.74. The first-order valence-corrected chi connectivity index (χ1v) is 12.9. The smallest absolute Gasteiger partial charge is 0.221 e. The molecule has 2 rings (SSSR count). The van der Waals surface area contributed by atoms with Gasteiger partial charge < -0.3 is 4.74 Å². The maximum atomic E-state index is 9.60. The fraction of sp³-hybridized carbons (Fsp3) is 0.818. The lowest BCUT2D eigenvalue weighted by Gasteiger charge is -2.28. The lowest BCUT2D eigenvalue weighted by atomic mass is 9.95. The molecular weight excluding hydrogens is 390 g/mol. The van der Waals surface area contributed by atoms with Crippen LogP contribution in [0.25, 0.3) is 0 Å². The number of nitrogens with zero attached hydrogens (tertiary/aromatic N) is 1. The van der Waals surface area contributed by atoms with Gasteiger partial charge in [-0.05, 0) is 63.6 Å². The van der Waals surface area contributed by atoms with Gasteiger partial charge in [0.05, 0.1) is 22.7 Å². The van der Waals surface area contributed by atoms with E-state index in [1.165, 1.54) is 38.5 Å². The molecule has 27 heavy (non-hydrogen) atoms. The second kappa shape index (κ2) is 13.1. The molecule has 2 aliphatic heterocycles. The molecule has 0 aliphatic carbocycles. The van der Waals surface area contributed by atoms with Gasteiger partial charge in [0.25, 0.3) is 0 Å². The van der Waals surface area contributed by atoms with E-state index in [0.717, 1.165) is 55.9 Å². The molecule has 3 unspecified atom stereocenters. The van der Waals surface area contributed by atoms with Gasteiger partial charge in [-0.1, -0.05) is 62.9 Å². The summed E-state index contributed by atoms with van der Waals surface area (Å²) in [5.74, 6) is 0.165. The van der Waals surface area contributed by atoms with Crippen molar-refractivity contribution in [2.75, 3.05) is 6.61 Å². The molecule has 0 aromatic carbocycles. The Kier molecular flexibility index (Phi) is 11.2. The molecule has 0 spiro atoms. The number of unbranched alkanes of at least 4 members (excludes halogenated alkanes) is 5. The summed E-state index contributed by atoms with van der Waals surface area (Å²) in [6, 6.07) is 2.57. The van der Waals surface area contributed by atoms with Crippen molar-refractivity contribution in [2.24, 2.45) is 5.92 Å². The summed E-state index contributed by atoms with van der Waals surface area (Å²) in [7, 11) is 0. The van der Waals surface area contributed by atoms with Crippen molar-refractivity contribution in [3.8, 4) is 6.07 Å². The van der Waals surface area contributed by atoms with E-state index in [1.54, 1.807) is 11.8 Å². The molecule has 2 aliphatic rings. The Balaban J connectivity index is 1.80. The van der Waals surface area contributed by atoms with Crippen LogP contribution in [-0.4, -0.2) is 20.3 Å². The minimum absolute atomic E-state index is 0.121. The number of hydrogen-bond donors (Lipinski definition) is 0. The largest absolute Gasteiger partial charge is 0.479 e. The van der Waals surface area contributed by atoms with Gasteiger partial charge in [-0.2, -0.15) is 5.26 Å². The van der Waals surface area contributed by atoms with E-state index in [0.29, 0.717) is 5.25 Å². The molecule has 0 saturated carbocycles. The van der Waals surface area contributed by atoms with Gasteiger partial charge in [-0.15, -0.1) is 11.8 Å². The first-order chi connectivity index (χ1) is 13.2. The summed E-state index contributed by atoms with van der Waals surface area (Å²) in [6.07, 6.45) is 20.0. The predicted octanol–water partition coefficient (Wildman–Crippen LogP) is 7.63. The Morgan fingerprint density at radius 3 is 2.78 bits per heavy atom. The summed E-state index contributed by atoms with van der Waals surface area (Å²) in [5, 5.41) is 10.1. The summed E-state index contributed by atoms with van der Waals surface area (Å²) in [6.45, 7) is 3.01. The molecule has 1 fully saturated rings. The van der Waals surface area contributed by atoms with E-state index in [-0.39, 0.29) is 10.00 Å². The average molecular weight is 426 g/mol. The van der Waals surface area contributed by atoms with Crippen LogP contribution in [0.5, 0.6) is 0 Å². The molecule has 0 amide bonds. The van der Waals surface area contributed by atoms with E-state index >= 15 is 0 Å². The average Bonchev–Trinajstić information content (AvgIpc) is 3.05. The summed E-state index contributed by atoms with van der Waals surface area (Å²) >= 11 is 9.39.